The summed E-state index contributed by atoms with van der Waals surface area (Å²) < 4.78 is 0. The Bertz CT molecular complexity index is 462. The molecule has 2 rings (SSSR count). The van der Waals surface area contributed by atoms with E-state index < -0.39 is 0 Å². The van der Waals surface area contributed by atoms with Crippen LogP contribution in [0.2, 0.25) is 0 Å². The average molecular weight is 280 g/mol. The molecule has 0 saturated heterocycles. The number of aromatic nitrogens is 4. The van der Waals surface area contributed by atoms with Crippen LogP contribution in [-0.2, 0) is 13.0 Å². The zero-order valence-electron chi connectivity index (χ0n) is 11.4. The van der Waals surface area contributed by atoms with Crippen LogP contribution >= 0.6 is 11.3 Å². The summed E-state index contributed by atoms with van der Waals surface area (Å²) in [6, 6.07) is 0. The van der Waals surface area contributed by atoms with Crippen molar-refractivity contribution in [2.24, 2.45) is 0 Å². The van der Waals surface area contributed by atoms with Crippen LogP contribution < -0.4 is 10.2 Å². The highest BCUT2D eigenvalue weighted by Crippen LogP contribution is 2.21. The van der Waals surface area contributed by atoms with Crippen molar-refractivity contribution in [3.8, 4) is 0 Å². The molecule has 19 heavy (non-hydrogen) atoms. The fourth-order valence-corrected chi connectivity index (χ4v) is 2.80. The third-order valence-electron chi connectivity index (χ3n) is 2.88. The van der Waals surface area contributed by atoms with Gasteiger partial charge in [0, 0.05) is 43.7 Å². The van der Waals surface area contributed by atoms with Gasteiger partial charge in [0.25, 0.3) is 0 Å². The summed E-state index contributed by atoms with van der Waals surface area (Å²) in [6.07, 6.45) is 4.36. The summed E-state index contributed by atoms with van der Waals surface area (Å²) in [5, 5.41) is 11.2. The molecule has 2 aromatic rings. The van der Waals surface area contributed by atoms with Gasteiger partial charge in [-0.3, -0.25) is 5.10 Å². The van der Waals surface area contributed by atoms with Gasteiger partial charge in [-0.05, 0) is 13.8 Å². The Balaban J connectivity index is 1.74. The minimum absolute atomic E-state index is 0.854. The van der Waals surface area contributed by atoms with Gasteiger partial charge in [0.2, 0.25) is 0 Å². The van der Waals surface area contributed by atoms with Gasteiger partial charge in [-0.15, -0.1) is 11.3 Å². The van der Waals surface area contributed by atoms with E-state index >= 15 is 0 Å². The molecule has 0 saturated carbocycles. The summed E-state index contributed by atoms with van der Waals surface area (Å²) in [4.78, 5) is 12.1. The van der Waals surface area contributed by atoms with E-state index in [-0.39, 0.29) is 0 Å². The average Bonchev–Trinajstić information content (AvgIpc) is 3.08. The normalized spacial score (nSPS) is 10.8. The van der Waals surface area contributed by atoms with Gasteiger partial charge in [0.1, 0.15) is 12.2 Å². The summed E-state index contributed by atoms with van der Waals surface area (Å²) in [5.74, 6) is 0.917. The van der Waals surface area contributed by atoms with Crippen molar-refractivity contribution in [3.05, 3.63) is 23.2 Å². The smallest absolute Gasteiger partial charge is 0.185 e. The predicted octanol–water partition coefficient (Wildman–Crippen LogP) is 1.44. The van der Waals surface area contributed by atoms with E-state index in [2.05, 4.69) is 44.2 Å². The molecule has 2 heterocycles. The summed E-state index contributed by atoms with van der Waals surface area (Å²) in [5.41, 5.74) is 0. The first-order chi connectivity index (χ1) is 9.33. The number of nitrogens with one attached hydrogen (secondary N) is 2. The maximum atomic E-state index is 4.46. The second kappa shape index (κ2) is 7.20. The van der Waals surface area contributed by atoms with Gasteiger partial charge in [0.05, 0.1) is 0 Å². The van der Waals surface area contributed by atoms with Crippen LogP contribution in [0.5, 0.6) is 0 Å². The van der Waals surface area contributed by atoms with Crippen molar-refractivity contribution in [2.75, 3.05) is 24.5 Å². The van der Waals surface area contributed by atoms with Crippen LogP contribution in [0.1, 0.15) is 24.5 Å². The first kappa shape index (κ1) is 14.0. The Morgan fingerprint density at radius 1 is 1.32 bits per heavy atom. The monoisotopic (exact) mass is 280 g/mol. The molecule has 7 heteroatoms. The Hall–Kier alpha value is -1.47. The molecule has 0 aliphatic heterocycles. The third kappa shape index (κ3) is 4.00. The largest absolute Gasteiger partial charge is 0.349 e. The van der Waals surface area contributed by atoms with Crippen LogP contribution in [0.3, 0.4) is 0 Å². The fraction of sp³-hybridized carbons (Fsp3) is 0.583. The van der Waals surface area contributed by atoms with E-state index in [9.17, 15) is 0 Å². The molecule has 104 valence electrons. The van der Waals surface area contributed by atoms with Gasteiger partial charge in [0.15, 0.2) is 5.13 Å². The molecule has 0 fully saturated rings. The lowest BCUT2D eigenvalue weighted by atomic mass is 10.4. The van der Waals surface area contributed by atoms with Crippen molar-refractivity contribution < 1.29 is 0 Å². The molecular weight excluding hydrogens is 260 g/mol. The molecule has 0 aliphatic carbocycles. The zero-order chi connectivity index (χ0) is 13.5. The zero-order valence-corrected chi connectivity index (χ0v) is 12.2. The maximum absolute atomic E-state index is 4.46. The van der Waals surface area contributed by atoms with E-state index in [4.69, 9.17) is 0 Å². The Morgan fingerprint density at radius 3 is 2.84 bits per heavy atom. The van der Waals surface area contributed by atoms with Gasteiger partial charge < -0.3 is 10.2 Å². The number of H-pyrrole nitrogens is 1. The molecule has 2 aromatic heterocycles. The van der Waals surface area contributed by atoms with Crippen molar-refractivity contribution >= 4 is 16.5 Å². The molecule has 6 nitrogen and oxygen atoms in total. The molecule has 2 N–H and O–H groups in total. The van der Waals surface area contributed by atoms with Gasteiger partial charge in [-0.25, -0.2) is 9.97 Å². The number of hydrogen-bond donors (Lipinski definition) is 2. The number of anilines is 1. The molecule has 0 aliphatic rings. The van der Waals surface area contributed by atoms with E-state index in [0.717, 1.165) is 43.6 Å². The van der Waals surface area contributed by atoms with E-state index in [0.29, 0.717) is 0 Å². The van der Waals surface area contributed by atoms with E-state index in [1.165, 1.54) is 11.2 Å². The van der Waals surface area contributed by atoms with Crippen molar-refractivity contribution in [1.82, 2.24) is 25.5 Å². The third-order valence-corrected chi connectivity index (χ3v) is 3.94. The molecule has 0 radical (unpaired) electrons. The summed E-state index contributed by atoms with van der Waals surface area (Å²) in [7, 11) is 0. The highest BCUT2D eigenvalue weighted by Gasteiger charge is 2.07. The molecule has 0 spiro atoms. The van der Waals surface area contributed by atoms with Crippen LogP contribution in [-0.4, -0.2) is 39.8 Å². The van der Waals surface area contributed by atoms with Crippen LogP contribution in [0.4, 0.5) is 5.13 Å². The molecule has 0 unspecified atom stereocenters. The second-order valence-corrected chi connectivity index (χ2v) is 5.23. The molecule has 0 amide bonds. The van der Waals surface area contributed by atoms with E-state index in [1.807, 2.05) is 6.20 Å². The summed E-state index contributed by atoms with van der Waals surface area (Å²) in [6.45, 7) is 8.05. The molecular formula is C12H20N6S. The molecule has 0 bridgehead atoms. The first-order valence-corrected chi connectivity index (χ1v) is 7.39. The fourth-order valence-electron chi connectivity index (χ4n) is 1.79. The van der Waals surface area contributed by atoms with Crippen LogP contribution in [0.25, 0.3) is 0 Å². The number of aromatic amines is 1. The van der Waals surface area contributed by atoms with Crippen molar-refractivity contribution in [2.45, 2.75) is 26.8 Å². The number of thiazole rings is 1. The minimum Gasteiger partial charge on any atom is -0.349 e. The lowest BCUT2D eigenvalue weighted by Gasteiger charge is -2.16. The Labute approximate surface area is 117 Å². The van der Waals surface area contributed by atoms with Gasteiger partial charge in [-0.1, -0.05) is 0 Å². The first-order valence-electron chi connectivity index (χ1n) is 6.58. The van der Waals surface area contributed by atoms with Gasteiger partial charge in [-0.2, -0.15) is 5.10 Å². The van der Waals surface area contributed by atoms with Crippen molar-refractivity contribution in [1.29, 1.82) is 0 Å². The van der Waals surface area contributed by atoms with Crippen LogP contribution in [0, 0.1) is 0 Å². The van der Waals surface area contributed by atoms with Gasteiger partial charge >= 0.3 is 0 Å². The summed E-state index contributed by atoms with van der Waals surface area (Å²) >= 11 is 1.75. The van der Waals surface area contributed by atoms with E-state index in [1.54, 1.807) is 11.3 Å². The quantitative estimate of drug-likeness (QED) is 0.716. The topological polar surface area (TPSA) is 69.7 Å². The molecule has 0 aromatic carbocycles. The second-order valence-electron chi connectivity index (χ2n) is 4.14. The lowest BCUT2D eigenvalue weighted by Crippen LogP contribution is -2.21. The highest BCUT2D eigenvalue weighted by molar-refractivity contribution is 7.15. The number of rotatable bonds is 8. The Kier molecular flexibility index (Phi) is 5.29. The Morgan fingerprint density at radius 2 is 2.16 bits per heavy atom. The number of nitrogens with zero attached hydrogens (tertiary/aromatic N) is 4. The SMILES string of the molecule is CCN(CC)c1ncc(CNCCc2ncn[nH]2)s1. The minimum atomic E-state index is 0.854. The molecule has 0 atom stereocenters. The predicted molar refractivity (Wildman–Crippen MR) is 77.5 cm³/mol. The standard InChI is InChI=1S/C12H20N6S/c1-3-18(4-2)12-14-8-10(19-12)7-13-6-5-11-15-9-16-17-11/h8-9,13H,3-7H2,1-2H3,(H,15,16,17). The lowest BCUT2D eigenvalue weighted by molar-refractivity contribution is 0.677. The van der Waals surface area contributed by atoms with Crippen LogP contribution in [0.15, 0.2) is 12.5 Å². The number of hydrogen-bond acceptors (Lipinski definition) is 6. The van der Waals surface area contributed by atoms with Crippen molar-refractivity contribution in [3.63, 3.8) is 0 Å². The highest BCUT2D eigenvalue weighted by atomic mass is 32.1. The maximum Gasteiger partial charge on any atom is 0.185 e.